The molecule has 2 aliphatic carbocycles. The van der Waals surface area contributed by atoms with Crippen LogP contribution < -0.4 is 10.5 Å². The molecule has 2 aliphatic rings. The standard InChI is InChI=1S/C21H21BrN4O3/c1-24-16-3-2-6-26(16)17-13-9-21(13,19(28)18(17)27)10-29-12-5-4-11-7-14(22)20(23)25-15(11)8-12/h2-8,13,17-19,27-28H,1,9-10H2,(H2,23,25)/t13-,17-,18+,19+,21-/m1/s1. The fourth-order valence-corrected chi connectivity index (χ4v) is 5.08. The van der Waals surface area contributed by atoms with Crippen molar-refractivity contribution >= 4 is 45.2 Å². The molecule has 0 saturated heterocycles. The summed E-state index contributed by atoms with van der Waals surface area (Å²) in [7, 11) is 0. The van der Waals surface area contributed by atoms with Gasteiger partial charge in [0.15, 0.2) is 0 Å². The number of pyridine rings is 1. The Morgan fingerprint density at radius 1 is 1.34 bits per heavy atom. The van der Waals surface area contributed by atoms with Gasteiger partial charge in [0.1, 0.15) is 23.5 Å². The first-order chi connectivity index (χ1) is 13.9. The first kappa shape index (κ1) is 18.6. The van der Waals surface area contributed by atoms with E-state index >= 15 is 0 Å². The normalized spacial score (nSPS) is 30.3. The third kappa shape index (κ3) is 2.78. The number of nitrogens with zero attached hydrogens (tertiary/aromatic N) is 3. The summed E-state index contributed by atoms with van der Waals surface area (Å²) in [6.45, 7) is 3.91. The number of aliphatic hydroxyl groups excluding tert-OH is 2. The van der Waals surface area contributed by atoms with Crippen LogP contribution in [0.1, 0.15) is 12.5 Å². The summed E-state index contributed by atoms with van der Waals surface area (Å²) >= 11 is 3.38. The van der Waals surface area contributed by atoms with Gasteiger partial charge in [-0.15, -0.1) is 0 Å². The SMILES string of the molecule is C=Nc1cccn1[C@H]1[C@H](O)[C@H](O)[C@@]2(COc3ccc4cc(Br)c(N)nc4c3)C[C@H]12. The van der Waals surface area contributed by atoms with Crippen molar-refractivity contribution in [1.29, 1.82) is 0 Å². The van der Waals surface area contributed by atoms with Crippen molar-refractivity contribution in [3.05, 3.63) is 47.1 Å². The Morgan fingerprint density at radius 2 is 2.17 bits per heavy atom. The van der Waals surface area contributed by atoms with Crippen LogP contribution in [-0.2, 0) is 0 Å². The Hall–Kier alpha value is -2.42. The van der Waals surface area contributed by atoms with E-state index < -0.39 is 17.6 Å². The van der Waals surface area contributed by atoms with Gasteiger partial charge in [-0.25, -0.2) is 9.98 Å². The molecule has 2 saturated carbocycles. The molecule has 0 spiro atoms. The number of aromatic nitrogens is 2. The summed E-state index contributed by atoms with van der Waals surface area (Å²) < 4.78 is 8.70. The lowest BCUT2D eigenvalue weighted by Crippen LogP contribution is -2.36. The van der Waals surface area contributed by atoms with E-state index in [9.17, 15) is 10.2 Å². The van der Waals surface area contributed by atoms with Crippen LogP contribution in [-0.4, -0.2) is 45.3 Å². The monoisotopic (exact) mass is 456 g/mol. The number of ether oxygens (including phenoxy) is 1. The van der Waals surface area contributed by atoms with Gasteiger partial charge in [-0.05, 0) is 65.3 Å². The van der Waals surface area contributed by atoms with Gasteiger partial charge < -0.3 is 25.3 Å². The molecule has 0 bridgehead atoms. The minimum absolute atomic E-state index is 0.116. The van der Waals surface area contributed by atoms with E-state index in [2.05, 4.69) is 32.6 Å². The van der Waals surface area contributed by atoms with Gasteiger partial charge in [-0.1, -0.05) is 0 Å². The number of halogens is 1. The molecule has 2 heterocycles. The molecule has 2 aromatic heterocycles. The molecule has 0 aliphatic heterocycles. The van der Waals surface area contributed by atoms with E-state index in [4.69, 9.17) is 10.5 Å². The highest BCUT2D eigenvalue weighted by Gasteiger charge is 2.72. The van der Waals surface area contributed by atoms with Crippen molar-refractivity contribution in [3.63, 3.8) is 0 Å². The number of benzene rings is 1. The molecular weight excluding hydrogens is 436 g/mol. The second-order valence-corrected chi connectivity index (χ2v) is 8.75. The molecule has 29 heavy (non-hydrogen) atoms. The molecule has 5 atom stereocenters. The number of hydrogen-bond donors (Lipinski definition) is 3. The molecule has 4 N–H and O–H groups in total. The fourth-order valence-electron chi connectivity index (χ4n) is 4.74. The average Bonchev–Trinajstić information content (AvgIpc) is 3.15. The molecule has 5 rings (SSSR count). The maximum Gasteiger partial charge on any atom is 0.138 e. The minimum Gasteiger partial charge on any atom is -0.493 e. The average molecular weight is 457 g/mol. The fraction of sp³-hybridized carbons (Fsp3) is 0.333. The summed E-state index contributed by atoms with van der Waals surface area (Å²) in [6, 6.07) is 11.0. The third-order valence-electron chi connectivity index (χ3n) is 6.37. The number of nitrogen functional groups attached to an aromatic ring is 1. The maximum absolute atomic E-state index is 10.8. The van der Waals surface area contributed by atoms with Gasteiger partial charge in [0.05, 0.1) is 28.7 Å². The zero-order valence-corrected chi connectivity index (χ0v) is 17.2. The zero-order chi connectivity index (χ0) is 20.3. The van der Waals surface area contributed by atoms with E-state index in [0.29, 0.717) is 24.0 Å². The van der Waals surface area contributed by atoms with Crippen LogP contribution in [0.4, 0.5) is 11.6 Å². The largest absolute Gasteiger partial charge is 0.493 e. The molecule has 7 nitrogen and oxygen atoms in total. The van der Waals surface area contributed by atoms with Gasteiger partial charge in [0, 0.05) is 23.1 Å². The molecular formula is C21H21BrN4O3. The highest BCUT2D eigenvalue weighted by molar-refractivity contribution is 9.10. The second-order valence-electron chi connectivity index (χ2n) is 7.90. The molecule has 2 fully saturated rings. The summed E-state index contributed by atoms with van der Waals surface area (Å²) in [4.78, 5) is 8.39. The molecule has 8 heteroatoms. The van der Waals surface area contributed by atoms with Crippen LogP contribution in [0, 0.1) is 11.3 Å². The van der Waals surface area contributed by atoms with E-state index in [1.807, 2.05) is 47.2 Å². The predicted octanol–water partition coefficient (Wildman–Crippen LogP) is 3.07. The van der Waals surface area contributed by atoms with Crippen LogP contribution >= 0.6 is 15.9 Å². The van der Waals surface area contributed by atoms with E-state index in [1.165, 1.54) is 0 Å². The number of fused-ring (bicyclic) bond motifs is 2. The first-order valence-electron chi connectivity index (χ1n) is 9.43. The Morgan fingerprint density at radius 3 is 2.97 bits per heavy atom. The second kappa shape index (κ2) is 6.55. The maximum atomic E-state index is 10.8. The Labute approximate surface area is 176 Å². The summed E-state index contributed by atoms with van der Waals surface area (Å²) in [5.41, 5.74) is 6.16. The predicted molar refractivity (Wildman–Crippen MR) is 115 cm³/mol. The molecule has 3 aromatic rings. The van der Waals surface area contributed by atoms with Crippen LogP contribution in [0.15, 0.2) is 52.1 Å². The lowest BCUT2D eigenvalue weighted by Gasteiger charge is -2.25. The van der Waals surface area contributed by atoms with Gasteiger partial charge in [0.25, 0.3) is 0 Å². The summed E-state index contributed by atoms with van der Waals surface area (Å²) in [5, 5.41) is 22.4. The lowest BCUT2D eigenvalue weighted by molar-refractivity contribution is -0.0275. The topological polar surface area (TPSA) is 106 Å². The molecule has 0 radical (unpaired) electrons. The zero-order valence-electron chi connectivity index (χ0n) is 15.6. The van der Waals surface area contributed by atoms with Crippen molar-refractivity contribution in [1.82, 2.24) is 9.55 Å². The van der Waals surface area contributed by atoms with E-state index in [0.717, 1.165) is 21.8 Å². The van der Waals surface area contributed by atoms with Crippen molar-refractivity contribution < 1.29 is 14.9 Å². The molecule has 150 valence electrons. The van der Waals surface area contributed by atoms with Crippen molar-refractivity contribution in [2.24, 2.45) is 16.3 Å². The number of aliphatic imine (C=N–C) groups is 1. The quantitative estimate of drug-likeness (QED) is 0.511. The van der Waals surface area contributed by atoms with Crippen LogP contribution in [0.25, 0.3) is 10.9 Å². The van der Waals surface area contributed by atoms with Crippen LogP contribution in [0.3, 0.4) is 0 Å². The number of nitrogens with two attached hydrogens (primary N) is 1. The van der Waals surface area contributed by atoms with Crippen molar-refractivity contribution in [2.75, 3.05) is 12.3 Å². The molecule has 0 amide bonds. The number of hydrogen-bond acceptors (Lipinski definition) is 6. The highest BCUT2D eigenvalue weighted by Crippen LogP contribution is 2.68. The van der Waals surface area contributed by atoms with Crippen molar-refractivity contribution in [2.45, 2.75) is 24.7 Å². The summed E-state index contributed by atoms with van der Waals surface area (Å²) in [5.74, 6) is 1.89. The van der Waals surface area contributed by atoms with E-state index in [1.54, 1.807) is 0 Å². The van der Waals surface area contributed by atoms with Gasteiger partial charge >= 0.3 is 0 Å². The number of anilines is 1. The van der Waals surface area contributed by atoms with Gasteiger partial charge in [-0.2, -0.15) is 0 Å². The van der Waals surface area contributed by atoms with Crippen LogP contribution in [0.5, 0.6) is 5.75 Å². The number of rotatable bonds is 5. The van der Waals surface area contributed by atoms with E-state index in [-0.39, 0.29) is 12.0 Å². The lowest BCUT2D eigenvalue weighted by atomic mass is 10.0. The number of aliphatic hydroxyl groups is 2. The molecule has 1 aromatic carbocycles. The summed E-state index contributed by atoms with van der Waals surface area (Å²) in [6.07, 6.45) is 0.928. The van der Waals surface area contributed by atoms with Gasteiger partial charge in [-0.3, -0.25) is 0 Å². The van der Waals surface area contributed by atoms with Crippen molar-refractivity contribution in [3.8, 4) is 5.75 Å². The Balaban J connectivity index is 1.37. The van der Waals surface area contributed by atoms with Crippen LogP contribution in [0.2, 0.25) is 0 Å². The van der Waals surface area contributed by atoms with Gasteiger partial charge in [0.2, 0.25) is 0 Å². The Kier molecular flexibility index (Phi) is 4.20. The smallest absolute Gasteiger partial charge is 0.138 e. The molecule has 0 unspecified atom stereocenters. The first-order valence-corrected chi connectivity index (χ1v) is 10.2. The highest BCUT2D eigenvalue weighted by atomic mass is 79.9. The Bertz CT molecular complexity index is 1120. The third-order valence-corrected chi connectivity index (χ3v) is 7.01. The minimum atomic E-state index is -0.874.